The van der Waals surface area contributed by atoms with Crippen molar-refractivity contribution >= 4 is 12.2 Å². The molecule has 1 aromatic heterocycles. The third kappa shape index (κ3) is 4.08. The van der Waals surface area contributed by atoms with Gasteiger partial charge in [-0.2, -0.15) is 0 Å². The zero-order valence-corrected chi connectivity index (χ0v) is 9.27. The normalized spacial score (nSPS) is 9.94. The van der Waals surface area contributed by atoms with Gasteiger partial charge in [-0.25, -0.2) is 4.98 Å². The molecule has 1 aromatic rings. The molecule has 86 valence electrons. The number of carbonyl (C=O) groups is 2. The molecule has 5 nitrogen and oxygen atoms in total. The third-order valence-corrected chi connectivity index (χ3v) is 1.70. The summed E-state index contributed by atoms with van der Waals surface area (Å²) in [5.74, 6) is 0.277. The van der Waals surface area contributed by atoms with Gasteiger partial charge in [0.15, 0.2) is 12.9 Å². The Bertz CT molecular complexity index is 360. The molecule has 0 aliphatic carbocycles. The molecule has 5 heteroatoms. The van der Waals surface area contributed by atoms with Crippen LogP contribution < -0.4 is 10.1 Å². The minimum absolute atomic E-state index is 0.0553. The Labute approximate surface area is 93.8 Å². The van der Waals surface area contributed by atoms with Crippen LogP contribution in [0.5, 0.6) is 5.75 Å². The molecule has 0 fully saturated rings. The number of ether oxygens (including phenoxy) is 1. The molecule has 0 spiro atoms. The van der Waals surface area contributed by atoms with Crippen LogP contribution in [0.2, 0.25) is 0 Å². The van der Waals surface area contributed by atoms with Crippen LogP contribution in [0.15, 0.2) is 18.3 Å². The number of hydrogen-bond donors (Lipinski definition) is 1. The van der Waals surface area contributed by atoms with Gasteiger partial charge in [0.25, 0.3) is 5.91 Å². The van der Waals surface area contributed by atoms with Crippen LogP contribution in [0.3, 0.4) is 0 Å². The predicted molar refractivity (Wildman–Crippen MR) is 58.4 cm³/mol. The van der Waals surface area contributed by atoms with Crippen molar-refractivity contribution in [3.05, 3.63) is 24.0 Å². The van der Waals surface area contributed by atoms with Crippen LogP contribution in [0.1, 0.15) is 24.3 Å². The van der Waals surface area contributed by atoms with E-state index in [-0.39, 0.29) is 18.6 Å². The minimum Gasteiger partial charge on any atom is -0.482 e. The number of pyridine rings is 1. The average Bonchev–Trinajstić information content (AvgIpc) is 2.26. The van der Waals surface area contributed by atoms with Gasteiger partial charge >= 0.3 is 0 Å². The number of aldehydes is 1. The maximum Gasteiger partial charge on any atom is 0.258 e. The fourth-order valence-corrected chi connectivity index (χ4v) is 1.06. The first kappa shape index (κ1) is 12.2. The molecule has 16 heavy (non-hydrogen) atoms. The lowest BCUT2D eigenvalue weighted by Gasteiger charge is -2.09. The highest BCUT2D eigenvalue weighted by atomic mass is 16.5. The number of hydrogen-bond acceptors (Lipinski definition) is 4. The summed E-state index contributed by atoms with van der Waals surface area (Å²) in [6.07, 6.45) is 2.06. The van der Waals surface area contributed by atoms with E-state index in [1.165, 1.54) is 12.3 Å². The quantitative estimate of drug-likeness (QED) is 0.748. The van der Waals surface area contributed by atoms with E-state index in [2.05, 4.69) is 10.3 Å². The molecule has 1 N–H and O–H groups in total. The highest BCUT2D eigenvalue weighted by Crippen LogP contribution is 2.07. The second-order valence-electron chi connectivity index (χ2n) is 3.55. The summed E-state index contributed by atoms with van der Waals surface area (Å²) < 4.78 is 5.18. The monoisotopic (exact) mass is 222 g/mol. The molecule has 1 heterocycles. The predicted octanol–water partition coefficient (Wildman–Crippen LogP) is 0.797. The van der Waals surface area contributed by atoms with Gasteiger partial charge in [0, 0.05) is 6.04 Å². The Balaban J connectivity index is 2.42. The summed E-state index contributed by atoms with van der Waals surface area (Å²) in [4.78, 5) is 25.4. The second-order valence-corrected chi connectivity index (χ2v) is 3.55. The molecule has 0 radical (unpaired) electrons. The molecule has 0 saturated carbocycles. The van der Waals surface area contributed by atoms with Gasteiger partial charge in [-0.1, -0.05) is 0 Å². The van der Waals surface area contributed by atoms with Crippen molar-refractivity contribution in [3.8, 4) is 5.75 Å². The van der Waals surface area contributed by atoms with Crippen LogP contribution in [0, 0.1) is 0 Å². The second kappa shape index (κ2) is 5.85. The van der Waals surface area contributed by atoms with E-state index < -0.39 is 0 Å². The van der Waals surface area contributed by atoms with E-state index in [9.17, 15) is 9.59 Å². The maximum absolute atomic E-state index is 11.2. The first-order chi connectivity index (χ1) is 7.61. The van der Waals surface area contributed by atoms with E-state index >= 15 is 0 Å². The van der Waals surface area contributed by atoms with Gasteiger partial charge in [-0.3, -0.25) is 9.59 Å². The maximum atomic E-state index is 11.2. The molecule has 0 saturated heterocycles. The van der Waals surface area contributed by atoms with E-state index in [1.807, 2.05) is 13.8 Å². The van der Waals surface area contributed by atoms with Crippen molar-refractivity contribution in [2.75, 3.05) is 6.61 Å². The zero-order valence-electron chi connectivity index (χ0n) is 9.27. The number of nitrogens with one attached hydrogen (secondary N) is 1. The first-order valence-electron chi connectivity index (χ1n) is 4.95. The van der Waals surface area contributed by atoms with E-state index in [0.717, 1.165) is 0 Å². The average molecular weight is 222 g/mol. The van der Waals surface area contributed by atoms with E-state index in [0.29, 0.717) is 17.7 Å². The van der Waals surface area contributed by atoms with Crippen LogP contribution in [0.25, 0.3) is 0 Å². The SMILES string of the molecule is CC(C)NC(=O)COc1ccc(C=O)nc1. The summed E-state index contributed by atoms with van der Waals surface area (Å²) in [5, 5.41) is 2.70. The Morgan fingerprint density at radius 3 is 2.81 bits per heavy atom. The molecule has 0 aliphatic rings. The van der Waals surface area contributed by atoms with Crippen LogP contribution in [0.4, 0.5) is 0 Å². The number of amides is 1. The highest BCUT2D eigenvalue weighted by Gasteiger charge is 2.04. The molecule has 0 unspecified atom stereocenters. The lowest BCUT2D eigenvalue weighted by atomic mass is 10.3. The largest absolute Gasteiger partial charge is 0.482 e. The molecular weight excluding hydrogens is 208 g/mol. The molecule has 0 bridgehead atoms. The molecule has 1 rings (SSSR count). The first-order valence-corrected chi connectivity index (χ1v) is 4.95. The molecule has 0 atom stereocenters. The summed E-state index contributed by atoms with van der Waals surface area (Å²) in [7, 11) is 0. The Hall–Kier alpha value is -1.91. The van der Waals surface area contributed by atoms with Crippen molar-refractivity contribution in [2.24, 2.45) is 0 Å². The lowest BCUT2D eigenvalue weighted by Crippen LogP contribution is -2.34. The Morgan fingerprint density at radius 1 is 1.56 bits per heavy atom. The summed E-state index contributed by atoms with van der Waals surface area (Å²) in [5.41, 5.74) is 0.332. The Morgan fingerprint density at radius 2 is 2.31 bits per heavy atom. The summed E-state index contributed by atoms with van der Waals surface area (Å²) in [6, 6.07) is 3.22. The number of carbonyl (C=O) groups excluding carboxylic acids is 2. The van der Waals surface area contributed by atoms with Crippen LogP contribution in [-0.4, -0.2) is 29.8 Å². The topological polar surface area (TPSA) is 68.3 Å². The van der Waals surface area contributed by atoms with Crippen molar-refractivity contribution < 1.29 is 14.3 Å². The van der Waals surface area contributed by atoms with Crippen molar-refractivity contribution in [1.29, 1.82) is 0 Å². The number of nitrogens with zero attached hydrogens (tertiary/aromatic N) is 1. The third-order valence-electron chi connectivity index (χ3n) is 1.70. The van der Waals surface area contributed by atoms with E-state index in [4.69, 9.17) is 4.74 Å². The van der Waals surface area contributed by atoms with Crippen molar-refractivity contribution in [2.45, 2.75) is 19.9 Å². The Kier molecular flexibility index (Phi) is 4.44. The van der Waals surface area contributed by atoms with Gasteiger partial charge in [-0.15, -0.1) is 0 Å². The van der Waals surface area contributed by atoms with Gasteiger partial charge < -0.3 is 10.1 Å². The molecule has 0 aromatic carbocycles. The van der Waals surface area contributed by atoms with Gasteiger partial charge in [0.2, 0.25) is 0 Å². The van der Waals surface area contributed by atoms with Crippen LogP contribution in [-0.2, 0) is 4.79 Å². The highest BCUT2D eigenvalue weighted by molar-refractivity contribution is 5.77. The summed E-state index contributed by atoms with van der Waals surface area (Å²) >= 11 is 0. The van der Waals surface area contributed by atoms with Gasteiger partial charge in [0.1, 0.15) is 11.4 Å². The lowest BCUT2D eigenvalue weighted by molar-refractivity contribution is -0.123. The molecular formula is C11H14N2O3. The molecule has 0 aliphatic heterocycles. The number of rotatable bonds is 5. The van der Waals surface area contributed by atoms with Crippen molar-refractivity contribution in [1.82, 2.24) is 10.3 Å². The summed E-state index contributed by atoms with van der Waals surface area (Å²) in [6.45, 7) is 3.69. The van der Waals surface area contributed by atoms with Gasteiger partial charge in [0.05, 0.1) is 6.20 Å². The fraction of sp³-hybridized carbons (Fsp3) is 0.364. The smallest absolute Gasteiger partial charge is 0.258 e. The zero-order chi connectivity index (χ0) is 12.0. The minimum atomic E-state index is -0.186. The molecule has 1 amide bonds. The van der Waals surface area contributed by atoms with E-state index in [1.54, 1.807) is 6.07 Å². The number of aromatic nitrogens is 1. The van der Waals surface area contributed by atoms with Crippen LogP contribution >= 0.6 is 0 Å². The van der Waals surface area contributed by atoms with Gasteiger partial charge in [-0.05, 0) is 26.0 Å². The standard InChI is InChI=1S/C11H14N2O3/c1-8(2)13-11(15)7-16-10-4-3-9(6-14)12-5-10/h3-6,8H,7H2,1-2H3,(H,13,15). The fourth-order valence-electron chi connectivity index (χ4n) is 1.06. The van der Waals surface area contributed by atoms with Crippen molar-refractivity contribution in [3.63, 3.8) is 0 Å².